The normalized spacial score (nSPS) is 17.8. The Morgan fingerprint density at radius 2 is 1.16 bits per heavy atom. The molecule has 6 heterocycles. The lowest BCUT2D eigenvalue weighted by atomic mass is 10.0. The van der Waals surface area contributed by atoms with Crippen molar-refractivity contribution in [2.45, 2.75) is 103 Å². The minimum absolute atomic E-state index is 0.0139. The smallest absolute Gasteiger partial charge is 0.407 e. The number of aliphatic imine (C=N–C) groups is 2. The molecule has 0 bridgehead atoms. The van der Waals surface area contributed by atoms with Gasteiger partial charge in [0.05, 0.1) is 81.6 Å². The van der Waals surface area contributed by atoms with Crippen molar-refractivity contribution >= 4 is 74.7 Å². The number of rotatable bonds is 13. The molecular weight excluding hydrogens is 1020 g/mol. The van der Waals surface area contributed by atoms with Crippen LogP contribution in [0, 0.1) is 13.8 Å². The number of fused-ring (bicyclic) bond motifs is 2. The second-order valence-corrected chi connectivity index (χ2v) is 21.3. The Hall–Kier alpha value is -7.93. The fourth-order valence-corrected chi connectivity index (χ4v) is 10.7. The molecule has 0 saturated heterocycles. The van der Waals surface area contributed by atoms with Gasteiger partial charge in [-0.2, -0.15) is 10.2 Å². The van der Waals surface area contributed by atoms with Crippen LogP contribution >= 0.6 is 23.2 Å². The second-order valence-electron chi connectivity index (χ2n) is 20.5. The van der Waals surface area contributed by atoms with Gasteiger partial charge in [0, 0.05) is 88.9 Å². The molecule has 2 saturated carbocycles. The predicted molar refractivity (Wildman–Crippen MR) is 307 cm³/mol. The third-order valence-corrected chi connectivity index (χ3v) is 14.7. The Labute approximate surface area is 457 Å². The summed E-state index contributed by atoms with van der Waals surface area (Å²) in [6, 6.07) is 22.9. The summed E-state index contributed by atoms with van der Waals surface area (Å²) in [6.07, 6.45) is 15.2. The molecule has 400 valence electrons. The van der Waals surface area contributed by atoms with E-state index in [0.717, 1.165) is 87.9 Å². The van der Waals surface area contributed by atoms with E-state index in [1.54, 1.807) is 60.4 Å². The summed E-state index contributed by atoms with van der Waals surface area (Å²) in [6.45, 7) is 9.83. The number of benzene rings is 2. The van der Waals surface area contributed by atoms with Crippen molar-refractivity contribution in [2.24, 2.45) is 27.2 Å². The quantitative estimate of drug-likeness (QED) is 0.0465. The number of para-hydroxylation sites is 2. The van der Waals surface area contributed by atoms with E-state index in [0.29, 0.717) is 56.6 Å². The minimum Gasteiger partial charge on any atom is -0.481 e. The number of amides is 1. The van der Waals surface area contributed by atoms with E-state index in [1.807, 2.05) is 106 Å². The molecule has 77 heavy (non-hydrogen) atoms. The molecule has 2 aliphatic carbocycles. The maximum Gasteiger partial charge on any atom is 0.407 e. The lowest BCUT2D eigenvalue weighted by Crippen LogP contribution is -2.50. The molecule has 0 unspecified atom stereocenters. The van der Waals surface area contributed by atoms with Crippen LogP contribution in [-0.2, 0) is 0 Å². The van der Waals surface area contributed by atoms with E-state index >= 15 is 0 Å². The van der Waals surface area contributed by atoms with E-state index in [-0.39, 0.29) is 30.0 Å². The Morgan fingerprint density at radius 3 is 1.56 bits per heavy atom. The lowest BCUT2D eigenvalue weighted by Gasteiger charge is -2.38. The highest BCUT2D eigenvalue weighted by atomic mass is 35.5. The summed E-state index contributed by atoms with van der Waals surface area (Å²) in [5.41, 5.74) is 30.6. The molecule has 0 spiro atoms. The monoisotopic (exact) mass is 1080 g/mol. The summed E-state index contributed by atoms with van der Waals surface area (Å²) < 4.78 is 14.2. The maximum absolute atomic E-state index is 12.2. The van der Waals surface area contributed by atoms with Crippen molar-refractivity contribution in [3.8, 4) is 34.0 Å². The van der Waals surface area contributed by atoms with Gasteiger partial charge in [-0.25, -0.2) is 33.8 Å². The topological polar surface area (TPSA) is 246 Å². The van der Waals surface area contributed by atoms with Crippen molar-refractivity contribution in [3.05, 3.63) is 142 Å². The fourth-order valence-electron chi connectivity index (χ4n) is 10.3. The number of nitrogens with one attached hydrogen (secondary N) is 2. The second kappa shape index (κ2) is 22.7. The van der Waals surface area contributed by atoms with Gasteiger partial charge in [0.15, 0.2) is 0 Å². The van der Waals surface area contributed by atoms with Gasteiger partial charge >= 0.3 is 6.09 Å². The van der Waals surface area contributed by atoms with Crippen LogP contribution in [0.15, 0.2) is 120 Å². The summed E-state index contributed by atoms with van der Waals surface area (Å²) in [4.78, 5) is 31.8. The Bertz CT molecular complexity index is 3530. The van der Waals surface area contributed by atoms with Gasteiger partial charge in [0.1, 0.15) is 11.7 Å². The molecule has 2 aromatic carbocycles. The van der Waals surface area contributed by atoms with Crippen molar-refractivity contribution in [1.29, 1.82) is 0 Å². The first-order valence-corrected chi connectivity index (χ1v) is 26.2. The highest BCUT2D eigenvalue weighted by Gasteiger charge is 2.38. The summed E-state index contributed by atoms with van der Waals surface area (Å²) in [7, 11) is 3.21. The number of carboxylic acid groups (broad SMARTS) is 1. The van der Waals surface area contributed by atoms with Crippen LogP contribution in [0.4, 0.5) is 27.5 Å². The number of halogens is 2. The molecule has 9 N–H and O–H groups in total. The molecule has 8 aromatic rings. The molecular formula is C57H64Cl2N14O4. The first-order valence-electron chi connectivity index (χ1n) is 25.4. The molecule has 6 aromatic heterocycles. The Morgan fingerprint density at radius 1 is 0.701 bits per heavy atom. The number of aromatic nitrogens is 6. The maximum atomic E-state index is 12.2. The number of methoxy groups -OCH3 is 2. The molecule has 10 rings (SSSR count). The lowest BCUT2D eigenvalue weighted by molar-refractivity contribution is 0.0718. The van der Waals surface area contributed by atoms with Gasteiger partial charge < -0.3 is 47.3 Å². The zero-order chi connectivity index (χ0) is 54.7. The number of carbonyl (C=O) groups is 1. The van der Waals surface area contributed by atoms with Crippen molar-refractivity contribution in [3.63, 3.8) is 0 Å². The number of hydrogen-bond acceptors (Lipinski definition) is 12. The highest BCUT2D eigenvalue weighted by Crippen LogP contribution is 2.38. The summed E-state index contributed by atoms with van der Waals surface area (Å²) >= 11 is 12.7. The van der Waals surface area contributed by atoms with Crippen LogP contribution < -0.4 is 37.3 Å². The Kier molecular flexibility index (Phi) is 15.9. The van der Waals surface area contributed by atoms with E-state index in [4.69, 9.17) is 49.9 Å². The zero-order valence-electron chi connectivity index (χ0n) is 44.1. The van der Waals surface area contributed by atoms with Crippen molar-refractivity contribution in [2.75, 3.05) is 24.9 Å². The Balaban J connectivity index is 0.000000191. The van der Waals surface area contributed by atoms with E-state index in [1.165, 1.54) is 0 Å². The van der Waals surface area contributed by atoms with Crippen LogP contribution in [0.25, 0.3) is 33.3 Å². The van der Waals surface area contributed by atoms with Crippen LogP contribution in [0.2, 0.25) is 10.0 Å². The molecule has 0 aliphatic heterocycles. The van der Waals surface area contributed by atoms with Crippen LogP contribution in [0.5, 0.6) is 11.8 Å². The third-order valence-electron chi connectivity index (χ3n) is 14.1. The molecule has 2 fully saturated rings. The number of hydrogen-bond donors (Lipinski definition) is 6. The van der Waals surface area contributed by atoms with Gasteiger partial charge in [-0.05, 0) is 121 Å². The predicted octanol–water partition coefficient (Wildman–Crippen LogP) is 11.2. The fraction of sp³-hybridized carbons (Fsp3) is 0.316. The molecule has 2 aliphatic rings. The van der Waals surface area contributed by atoms with E-state index in [9.17, 15) is 9.90 Å². The first-order chi connectivity index (χ1) is 36.9. The van der Waals surface area contributed by atoms with Gasteiger partial charge in [0.25, 0.3) is 0 Å². The van der Waals surface area contributed by atoms with Gasteiger partial charge in [-0.1, -0.05) is 47.5 Å². The number of amidine groups is 2. The standard InChI is InChI=1S/C31H36ClN7O3.C26H28ClN7O/c1-18-12-27(42-5)34-15-22(18)19-13-26-28(36-20-10-11-21(14-20)39(30(40)41)31(2,3)4)23(16-35-38(26)17-19)29(33)37-25-9-7-6-8-24(25)32;1-15-9-24(35-2)30-12-19(15)16-10-23-25(32-18-8-7-17(28)11-18)20(13-31-34(23)14-16)26(29)33-22-6-4-3-5-21(22)27/h6-9,12-13,15-17,20-21,36H,10-11,14H2,1-5H3,(H2,33,37)(H,40,41);3-6,9-10,12-14,17-18,32H,7-8,11,28H2,1-2H3,(H2,29,33)/t20-,21+;17-,18+/m10/s1. The average molecular weight is 1080 g/mol. The average Bonchev–Trinajstić information content (AvgIpc) is 4.28. The molecule has 0 radical (unpaired) electrons. The SMILES string of the molecule is COc1cc(C)c(-c2cc3c(N[C@@H]4CC[C@H](N(C(=O)O)C(C)(C)C)C4)c(C(N)=Nc4ccccc4Cl)cnn3c2)cn1.COc1cc(C)c(-c2cc3c(N[C@@H]4CC[C@H](N)C4)c(C(N)=Nc4ccccc4Cl)cnn3c2)cn1. The molecule has 1 amide bonds. The minimum atomic E-state index is -0.907. The number of ether oxygens (including phenoxy) is 2. The van der Waals surface area contributed by atoms with Crippen molar-refractivity contribution in [1.82, 2.24) is 34.1 Å². The van der Waals surface area contributed by atoms with E-state index < -0.39 is 11.6 Å². The van der Waals surface area contributed by atoms with Gasteiger partial charge in [-0.3, -0.25) is 0 Å². The summed E-state index contributed by atoms with van der Waals surface area (Å²) in [5.74, 6) is 1.73. The number of nitrogens with two attached hydrogens (primary N) is 3. The largest absolute Gasteiger partial charge is 0.481 e. The summed E-state index contributed by atoms with van der Waals surface area (Å²) in [5, 5.41) is 27.7. The third kappa shape index (κ3) is 11.9. The number of pyridine rings is 2. The van der Waals surface area contributed by atoms with Crippen LogP contribution in [0.1, 0.15) is 81.5 Å². The van der Waals surface area contributed by atoms with E-state index in [2.05, 4.69) is 46.9 Å². The van der Waals surface area contributed by atoms with Crippen molar-refractivity contribution < 1.29 is 19.4 Å². The molecule has 20 heteroatoms. The van der Waals surface area contributed by atoms with Gasteiger partial charge in [0.2, 0.25) is 11.8 Å². The molecule has 18 nitrogen and oxygen atoms in total. The number of anilines is 2. The number of nitrogens with zero attached hydrogens (tertiary/aromatic N) is 9. The van der Waals surface area contributed by atoms with Crippen LogP contribution in [-0.4, -0.2) is 101 Å². The van der Waals surface area contributed by atoms with Gasteiger partial charge in [-0.15, -0.1) is 0 Å². The van der Waals surface area contributed by atoms with Crippen LogP contribution in [0.3, 0.4) is 0 Å². The molecule has 4 atom stereocenters. The zero-order valence-corrected chi connectivity index (χ0v) is 45.6. The first kappa shape index (κ1) is 53.9. The number of aryl methyl sites for hydroxylation is 2. The highest BCUT2D eigenvalue weighted by molar-refractivity contribution is 6.33.